The minimum absolute atomic E-state index is 0.575. The molecule has 0 aliphatic rings. The molecule has 1 aromatic heterocycles. The number of benzene rings is 1. The van der Waals surface area contributed by atoms with Gasteiger partial charge < -0.3 is 9.84 Å². The van der Waals surface area contributed by atoms with Crippen molar-refractivity contribution in [3.05, 3.63) is 40.6 Å². The van der Waals surface area contributed by atoms with Crippen molar-refractivity contribution in [2.45, 2.75) is 26.5 Å². The van der Waals surface area contributed by atoms with Gasteiger partial charge >= 0.3 is 0 Å². The average molecular weight is 311 g/mol. The SMILES string of the molecule is CCn1cc(Oc2cc(Br)ccc2C(C)O)cn1. The highest BCUT2D eigenvalue weighted by Crippen LogP contribution is 2.32. The van der Waals surface area contributed by atoms with Crippen LogP contribution in [0, 0.1) is 0 Å². The van der Waals surface area contributed by atoms with Crippen LogP contribution in [0.25, 0.3) is 0 Å². The van der Waals surface area contributed by atoms with Gasteiger partial charge in [-0.2, -0.15) is 5.10 Å². The molecule has 0 spiro atoms. The first-order valence-electron chi connectivity index (χ1n) is 5.78. The standard InChI is InChI=1S/C13H15BrN2O2/c1-3-16-8-11(7-15-16)18-13-6-10(14)4-5-12(13)9(2)17/h4-9,17H,3H2,1-2H3. The molecule has 0 fully saturated rings. The molecule has 1 heterocycles. The molecule has 96 valence electrons. The first kappa shape index (κ1) is 13.1. The Hall–Kier alpha value is -1.33. The number of ether oxygens (including phenoxy) is 1. The quantitative estimate of drug-likeness (QED) is 0.940. The second-order valence-corrected chi connectivity index (χ2v) is 4.91. The second-order valence-electron chi connectivity index (χ2n) is 3.99. The van der Waals surface area contributed by atoms with Gasteiger partial charge in [0.05, 0.1) is 18.5 Å². The van der Waals surface area contributed by atoms with Gasteiger partial charge in [-0.05, 0) is 26.0 Å². The molecule has 18 heavy (non-hydrogen) atoms. The maximum atomic E-state index is 9.71. The van der Waals surface area contributed by atoms with E-state index in [1.54, 1.807) is 17.8 Å². The highest BCUT2D eigenvalue weighted by molar-refractivity contribution is 9.10. The third-order valence-electron chi connectivity index (χ3n) is 2.59. The van der Waals surface area contributed by atoms with E-state index in [4.69, 9.17) is 4.74 Å². The molecule has 1 N–H and O–H groups in total. The lowest BCUT2D eigenvalue weighted by molar-refractivity contribution is 0.195. The van der Waals surface area contributed by atoms with Gasteiger partial charge in [-0.1, -0.05) is 22.0 Å². The van der Waals surface area contributed by atoms with Crippen LogP contribution in [0.15, 0.2) is 35.1 Å². The largest absolute Gasteiger partial charge is 0.454 e. The summed E-state index contributed by atoms with van der Waals surface area (Å²) in [6.07, 6.45) is 2.91. The number of aryl methyl sites for hydroxylation is 1. The van der Waals surface area contributed by atoms with Gasteiger partial charge in [0, 0.05) is 16.6 Å². The topological polar surface area (TPSA) is 47.3 Å². The fourth-order valence-corrected chi connectivity index (χ4v) is 1.98. The minimum Gasteiger partial charge on any atom is -0.454 e. The fraction of sp³-hybridized carbons (Fsp3) is 0.308. The van der Waals surface area contributed by atoms with E-state index in [0.717, 1.165) is 16.6 Å². The molecule has 2 rings (SSSR count). The number of hydrogen-bond acceptors (Lipinski definition) is 3. The molecule has 0 amide bonds. The number of aliphatic hydroxyl groups is 1. The molecule has 1 atom stereocenters. The molecule has 5 heteroatoms. The van der Waals surface area contributed by atoms with Crippen LogP contribution in [0.1, 0.15) is 25.5 Å². The third kappa shape index (κ3) is 2.91. The van der Waals surface area contributed by atoms with E-state index >= 15 is 0 Å². The van der Waals surface area contributed by atoms with Gasteiger partial charge in [0.2, 0.25) is 0 Å². The molecule has 1 aromatic carbocycles. The van der Waals surface area contributed by atoms with Crippen molar-refractivity contribution in [3.63, 3.8) is 0 Å². The lowest BCUT2D eigenvalue weighted by atomic mass is 10.1. The van der Waals surface area contributed by atoms with Crippen LogP contribution in [-0.2, 0) is 6.54 Å². The van der Waals surface area contributed by atoms with E-state index in [9.17, 15) is 5.11 Å². The third-order valence-corrected chi connectivity index (χ3v) is 3.08. The maximum absolute atomic E-state index is 9.71. The van der Waals surface area contributed by atoms with Crippen LogP contribution in [0.2, 0.25) is 0 Å². The Morgan fingerprint density at radius 2 is 2.28 bits per heavy atom. The van der Waals surface area contributed by atoms with Gasteiger partial charge in [-0.25, -0.2) is 0 Å². The Kier molecular flexibility index (Phi) is 4.04. The van der Waals surface area contributed by atoms with Gasteiger partial charge in [-0.3, -0.25) is 4.68 Å². The Bertz CT molecular complexity index is 538. The zero-order chi connectivity index (χ0) is 13.1. The zero-order valence-electron chi connectivity index (χ0n) is 10.3. The van der Waals surface area contributed by atoms with Crippen molar-refractivity contribution >= 4 is 15.9 Å². The summed E-state index contributed by atoms with van der Waals surface area (Å²) in [5.41, 5.74) is 0.752. The number of aliphatic hydroxyl groups excluding tert-OH is 1. The van der Waals surface area contributed by atoms with E-state index in [1.165, 1.54) is 0 Å². The van der Waals surface area contributed by atoms with E-state index in [-0.39, 0.29) is 0 Å². The predicted molar refractivity (Wildman–Crippen MR) is 72.8 cm³/mol. The molecule has 0 saturated carbocycles. The van der Waals surface area contributed by atoms with Gasteiger partial charge in [0.15, 0.2) is 5.75 Å². The van der Waals surface area contributed by atoms with E-state index < -0.39 is 6.10 Å². The summed E-state index contributed by atoms with van der Waals surface area (Å²) in [5.74, 6) is 1.30. The van der Waals surface area contributed by atoms with Crippen LogP contribution in [0.4, 0.5) is 0 Å². The van der Waals surface area contributed by atoms with Crippen LogP contribution >= 0.6 is 15.9 Å². The zero-order valence-corrected chi connectivity index (χ0v) is 11.9. The van der Waals surface area contributed by atoms with E-state index in [1.807, 2.05) is 31.3 Å². The number of nitrogens with zero attached hydrogens (tertiary/aromatic N) is 2. The van der Waals surface area contributed by atoms with Gasteiger partial charge in [0.25, 0.3) is 0 Å². The fourth-order valence-electron chi connectivity index (χ4n) is 1.64. The minimum atomic E-state index is -0.575. The molecule has 0 aliphatic heterocycles. The Labute approximate surface area is 114 Å². The summed E-state index contributed by atoms with van der Waals surface area (Å²) in [4.78, 5) is 0. The van der Waals surface area contributed by atoms with Crippen molar-refractivity contribution < 1.29 is 9.84 Å². The molecule has 0 aliphatic carbocycles. The van der Waals surface area contributed by atoms with Crippen molar-refractivity contribution in [1.82, 2.24) is 9.78 Å². The summed E-state index contributed by atoms with van der Waals surface area (Å²) in [6, 6.07) is 5.56. The van der Waals surface area contributed by atoms with E-state index in [0.29, 0.717) is 11.5 Å². The van der Waals surface area contributed by atoms with Crippen LogP contribution < -0.4 is 4.74 Å². The molecule has 1 unspecified atom stereocenters. The van der Waals surface area contributed by atoms with Gasteiger partial charge in [-0.15, -0.1) is 0 Å². The number of rotatable bonds is 4. The molecule has 0 bridgehead atoms. The molecule has 2 aromatic rings. The normalized spacial score (nSPS) is 12.4. The molecular formula is C13H15BrN2O2. The monoisotopic (exact) mass is 310 g/mol. The second kappa shape index (κ2) is 5.54. The predicted octanol–water partition coefficient (Wildman–Crippen LogP) is 3.51. The maximum Gasteiger partial charge on any atom is 0.165 e. The highest BCUT2D eigenvalue weighted by Gasteiger charge is 2.11. The van der Waals surface area contributed by atoms with E-state index in [2.05, 4.69) is 21.0 Å². The number of aromatic nitrogens is 2. The lowest BCUT2D eigenvalue weighted by Crippen LogP contribution is -1.96. The Morgan fingerprint density at radius 1 is 1.50 bits per heavy atom. The number of hydrogen-bond donors (Lipinski definition) is 1. The Morgan fingerprint density at radius 3 is 2.89 bits per heavy atom. The summed E-state index contributed by atoms with van der Waals surface area (Å²) < 4.78 is 8.46. The van der Waals surface area contributed by atoms with Crippen molar-refractivity contribution in [2.75, 3.05) is 0 Å². The summed E-state index contributed by atoms with van der Waals surface area (Å²) in [6.45, 7) is 4.52. The van der Waals surface area contributed by atoms with Crippen molar-refractivity contribution in [2.24, 2.45) is 0 Å². The molecular weight excluding hydrogens is 296 g/mol. The summed E-state index contributed by atoms with van der Waals surface area (Å²) >= 11 is 3.40. The summed E-state index contributed by atoms with van der Waals surface area (Å²) in [5, 5.41) is 13.9. The molecule has 0 radical (unpaired) electrons. The smallest absolute Gasteiger partial charge is 0.165 e. The molecule has 4 nitrogen and oxygen atoms in total. The van der Waals surface area contributed by atoms with Gasteiger partial charge in [0.1, 0.15) is 5.75 Å². The highest BCUT2D eigenvalue weighted by atomic mass is 79.9. The number of halogens is 1. The lowest BCUT2D eigenvalue weighted by Gasteiger charge is -2.12. The first-order valence-corrected chi connectivity index (χ1v) is 6.57. The van der Waals surface area contributed by atoms with Crippen LogP contribution in [0.3, 0.4) is 0 Å². The summed E-state index contributed by atoms with van der Waals surface area (Å²) in [7, 11) is 0. The van der Waals surface area contributed by atoms with Crippen molar-refractivity contribution in [1.29, 1.82) is 0 Å². The molecule has 0 saturated heterocycles. The Balaban J connectivity index is 2.29. The van der Waals surface area contributed by atoms with Crippen LogP contribution in [-0.4, -0.2) is 14.9 Å². The average Bonchev–Trinajstić information content (AvgIpc) is 2.76. The first-order chi connectivity index (χ1) is 8.60. The van der Waals surface area contributed by atoms with Crippen molar-refractivity contribution in [3.8, 4) is 11.5 Å². The van der Waals surface area contributed by atoms with Crippen LogP contribution in [0.5, 0.6) is 11.5 Å².